The van der Waals surface area contributed by atoms with Crippen LogP contribution in [0.2, 0.25) is 0 Å². The van der Waals surface area contributed by atoms with Gasteiger partial charge in [0.15, 0.2) is 0 Å². The predicted molar refractivity (Wildman–Crippen MR) is 59.0 cm³/mol. The standard InChI is InChI=1S/C13H23/c1-3-5-7-9-11-13-12-10-8-6-4-2/h3,5-13H2,1H3. The van der Waals surface area contributed by atoms with Crippen LogP contribution in [0.15, 0.2) is 0 Å². The van der Waals surface area contributed by atoms with Gasteiger partial charge in [0.25, 0.3) is 0 Å². The number of hydrogen-bond acceptors (Lipinski definition) is 0. The third kappa shape index (κ3) is 11.6. The molecule has 0 saturated heterocycles. The van der Waals surface area contributed by atoms with Crippen LogP contribution >= 0.6 is 0 Å². The van der Waals surface area contributed by atoms with E-state index >= 15 is 0 Å². The summed E-state index contributed by atoms with van der Waals surface area (Å²) >= 11 is 0. The Morgan fingerprint density at radius 1 is 0.769 bits per heavy atom. The smallest absolute Gasteiger partial charge is 0.00989 e. The summed E-state index contributed by atoms with van der Waals surface area (Å²) in [5, 5.41) is 0. The van der Waals surface area contributed by atoms with Gasteiger partial charge in [-0.2, -0.15) is 0 Å². The largest absolute Gasteiger partial charge is 0.0891 e. The van der Waals surface area contributed by atoms with Crippen molar-refractivity contribution in [3.8, 4) is 5.92 Å². The van der Waals surface area contributed by atoms with Crippen molar-refractivity contribution in [3.63, 3.8) is 0 Å². The minimum Gasteiger partial charge on any atom is -0.0891 e. The van der Waals surface area contributed by atoms with Gasteiger partial charge in [0.1, 0.15) is 0 Å². The molecule has 0 aliphatic rings. The number of hydrogen-bond donors (Lipinski definition) is 0. The topological polar surface area (TPSA) is 0 Å². The maximum absolute atomic E-state index is 6.75. The molecule has 0 amide bonds. The molecule has 0 rings (SSSR count). The Balaban J connectivity index is 2.80. The molecule has 0 fully saturated rings. The quantitative estimate of drug-likeness (QED) is 0.361. The summed E-state index contributed by atoms with van der Waals surface area (Å²) < 4.78 is 0. The summed E-state index contributed by atoms with van der Waals surface area (Å²) in [7, 11) is 0. The highest BCUT2D eigenvalue weighted by Gasteiger charge is 1.90. The second-order valence-electron chi connectivity index (χ2n) is 3.76. The lowest BCUT2D eigenvalue weighted by Gasteiger charge is -1.99. The van der Waals surface area contributed by atoms with Crippen molar-refractivity contribution >= 4 is 0 Å². The van der Waals surface area contributed by atoms with E-state index in [4.69, 9.17) is 6.42 Å². The average molecular weight is 179 g/mol. The van der Waals surface area contributed by atoms with Crippen LogP contribution in [0.5, 0.6) is 0 Å². The van der Waals surface area contributed by atoms with Gasteiger partial charge in [-0.05, 0) is 12.8 Å². The van der Waals surface area contributed by atoms with Gasteiger partial charge in [-0.25, -0.2) is 0 Å². The minimum atomic E-state index is 0.857. The van der Waals surface area contributed by atoms with Gasteiger partial charge in [-0.1, -0.05) is 64.2 Å². The molecule has 0 aromatic rings. The zero-order valence-corrected chi connectivity index (χ0v) is 9.07. The first-order valence-corrected chi connectivity index (χ1v) is 5.81. The van der Waals surface area contributed by atoms with E-state index in [0.29, 0.717) is 0 Å². The summed E-state index contributed by atoms with van der Waals surface area (Å²) in [6.45, 7) is 2.26. The lowest BCUT2D eigenvalue weighted by molar-refractivity contribution is 0.567. The van der Waals surface area contributed by atoms with Crippen molar-refractivity contribution in [2.24, 2.45) is 0 Å². The number of unbranched alkanes of at least 4 members (excludes halogenated alkanes) is 9. The normalized spacial score (nSPS) is 9.85. The fourth-order valence-electron chi connectivity index (χ4n) is 1.52. The zero-order chi connectivity index (χ0) is 9.78. The Morgan fingerprint density at radius 3 is 1.69 bits per heavy atom. The van der Waals surface area contributed by atoms with Crippen molar-refractivity contribution in [1.82, 2.24) is 0 Å². The first-order valence-electron chi connectivity index (χ1n) is 5.81. The van der Waals surface area contributed by atoms with Crippen LogP contribution in [0.1, 0.15) is 71.1 Å². The zero-order valence-electron chi connectivity index (χ0n) is 9.07. The summed E-state index contributed by atoms with van der Waals surface area (Å²) in [6.07, 6.45) is 19.8. The molecule has 0 heterocycles. The molecule has 0 heteroatoms. The Kier molecular flexibility index (Phi) is 11.2. The molecule has 0 aliphatic heterocycles. The van der Waals surface area contributed by atoms with Gasteiger partial charge >= 0.3 is 0 Å². The van der Waals surface area contributed by atoms with Gasteiger partial charge in [-0.3, -0.25) is 0 Å². The highest BCUT2D eigenvalue weighted by atomic mass is 14.0. The molecule has 0 spiro atoms. The van der Waals surface area contributed by atoms with Crippen molar-refractivity contribution in [2.45, 2.75) is 71.1 Å². The first-order chi connectivity index (χ1) is 6.41. The Hall–Kier alpha value is -0.440. The van der Waals surface area contributed by atoms with Crippen LogP contribution in [0.4, 0.5) is 0 Å². The van der Waals surface area contributed by atoms with Crippen LogP contribution in [0, 0.1) is 12.3 Å². The van der Waals surface area contributed by atoms with Gasteiger partial charge in [-0.15, -0.1) is 0 Å². The lowest BCUT2D eigenvalue weighted by atomic mass is 10.1. The predicted octanol–water partition coefficient (Wildman–Crippen LogP) is 4.50. The van der Waals surface area contributed by atoms with Crippen LogP contribution in [0.25, 0.3) is 0 Å². The highest BCUT2D eigenvalue weighted by molar-refractivity contribution is 4.74. The Bertz CT molecular complexity index is 118. The van der Waals surface area contributed by atoms with Crippen LogP contribution in [-0.2, 0) is 0 Å². The average Bonchev–Trinajstić information content (AvgIpc) is 2.16. The maximum Gasteiger partial charge on any atom is 0.00989 e. The fourth-order valence-corrected chi connectivity index (χ4v) is 1.52. The van der Waals surface area contributed by atoms with Crippen molar-refractivity contribution < 1.29 is 0 Å². The van der Waals surface area contributed by atoms with E-state index in [1.807, 2.05) is 0 Å². The molecule has 0 aliphatic carbocycles. The highest BCUT2D eigenvalue weighted by Crippen LogP contribution is 2.09. The molecule has 0 aromatic heterocycles. The van der Waals surface area contributed by atoms with Crippen molar-refractivity contribution in [2.75, 3.05) is 0 Å². The first kappa shape index (κ1) is 12.6. The van der Waals surface area contributed by atoms with Crippen LogP contribution in [-0.4, -0.2) is 0 Å². The van der Waals surface area contributed by atoms with Crippen LogP contribution in [0.3, 0.4) is 0 Å². The summed E-state index contributed by atoms with van der Waals surface area (Å²) in [6, 6.07) is 0. The third-order valence-corrected chi connectivity index (χ3v) is 2.41. The SMILES string of the molecule is [C]#CCCCCCCCCCCC. The van der Waals surface area contributed by atoms with E-state index in [9.17, 15) is 0 Å². The summed E-state index contributed by atoms with van der Waals surface area (Å²) in [4.78, 5) is 0. The Morgan fingerprint density at radius 2 is 1.23 bits per heavy atom. The molecule has 0 saturated carbocycles. The van der Waals surface area contributed by atoms with E-state index < -0.39 is 0 Å². The molecule has 0 nitrogen and oxygen atoms in total. The molecular formula is C13H23. The van der Waals surface area contributed by atoms with E-state index in [-0.39, 0.29) is 0 Å². The fraction of sp³-hybridized carbons (Fsp3) is 0.846. The van der Waals surface area contributed by atoms with Gasteiger partial charge in [0.05, 0.1) is 0 Å². The molecular weight excluding hydrogens is 156 g/mol. The molecule has 0 bridgehead atoms. The molecule has 0 unspecified atom stereocenters. The van der Waals surface area contributed by atoms with E-state index in [2.05, 4.69) is 12.8 Å². The van der Waals surface area contributed by atoms with Gasteiger partial charge in [0, 0.05) is 6.42 Å². The summed E-state index contributed by atoms with van der Waals surface area (Å²) in [5.41, 5.74) is 0. The lowest BCUT2D eigenvalue weighted by Crippen LogP contribution is -1.80. The molecule has 0 N–H and O–H groups in total. The monoisotopic (exact) mass is 179 g/mol. The molecule has 75 valence electrons. The van der Waals surface area contributed by atoms with Gasteiger partial charge < -0.3 is 0 Å². The molecule has 0 atom stereocenters. The van der Waals surface area contributed by atoms with E-state index in [1.165, 1.54) is 57.8 Å². The summed E-state index contributed by atoms with van der Waals surface area (Å²) in [5.74, 6) is 2.44. The molecule has 13 heavy (non-hydrogen) atoms. The van der Waals surface area contributed by atoms with Crippen molar-refractivity contribution in [1.29, 1.82) is 0 Å². The van der Waals surface area contributed by atoms with Gasteiger partial charge in [0.2, 0.25) is 0 Å². The Labute approximate surface area is 84.1 Å². The van der Waals surface area contributed by atoms with E-state index in [0.717, 1.165) is 6.42 Å². The minimum absolute atomic E-state index is 0.857. The molecule has 0 aromatic carbocycles. The third-order valence-electron chi connectivity index (χ3n) is 2.41. The van der Waals surface area contributed by atoms with Crippen molar-refractivity contribution in [3.05, 3.63) is 6.42 Å². The molecule has 1 radical (unpaired) electrons. The second kappa shape index (κ2) is 11.6. The number of rotatable bonds is 9. The second-order valence-corrected chi connectivity index (χ2v) is 3.76. The van der Waals surface area contributed by atoms with Crippen LogP contribution < -0.4 is 0 Å². The van der Waals surface area contributed by atoms with E-state index in [1.54, 1.807) is 0 Å². The maximum atomic E-state index is 6.75.